The summed E-state index contributed by atoms with van der Waals surface area (Å²) in [7, 11) is 0. The molecule has 86 heavy (non-hydrogen) atoms. The Kier molecular flexibility index (Phi) is 38.3. The summed E-state index contributed by atoms with van der Waals surface area (Å²) in [6.07, 6.45) is 49.2. The van der Waals surface area contributed by atoms with Crippen molar-refractivity contribution in [3.05, 3.63) is 73.3 Å². The van der Waals surface area contributed by atoms with Gasteiger partial charge in [-0.15, -0.1) is 0 Å². The van der Waals surface area contributed by atoms with Crippen LogP contribution >= 0.6 is 0 Å². The molecule has 5 rings (SSSR count). The minimum absolute atomic E-state index is 0.580. The summed E-state index contributed by atoms with van der Waals surface area (Å²) in [4.78, 5) is 30.9. The zero-order chi connectivity index (χ0) is 60.8. The fraction of sp³-hybridized carbons (Fsp3) is 0.649. The molecule has 2 aromatic carbocycles. The molecule has 4 bridgehead atoms. The highest BCUT2D eigenvalue weighted by Crippen LogP contribution is 2.34. The van der Waals surface area contributed by atoms with Gasteiger partial charge in [0.2, 0.25) is 0 Å². The van der Waals surface area contributed by atoms with E-state index in [0.29, 0.717) is 118 Å². The molecule has 0 amide bonds. The van der Waals surface area contributed by atoms with Crippen molar-refractivity contribution in [2.75, 3.05) is 39.6 Å². The Bertz CT molecular complexity index is 2430. The van der Waals surface area contributed by atoms with Gasteiger partial charge in [-0.05, 0) is 38.5 Å². The van der Waals surface area contributed by atoms with Gasteiger partial charge in [0.1, 0.15) is 11.5 Å². The van der Waals surface area contributed by atoms with E-state index in [4.69, 9.17) is 58.3 Å². The maximum atomic E-state index is 6.63. The third kappa shape index (κ3) is 30.2. The van der Waals surface area contributed by atoms with E-state index in [-0.39, 0.29) is 0 Å². The zero-order valence-electron chi connectivity index (χ0n) is 54.8. The smallest absolute Gasteiger partial charge is 0.163 e. The number of rotatable bonds is 48. The van der Waals surface area contributed by atoms with Gasteiger partial charge < -0.3 is 28.4 Å². The predicted octanol–water partition coefficient (Wildman–Crippen LogP) is 21.9. The SMILES string of the molecule is CCCCCCCCOc1cc2cnc3cc(OCCCCCCCC)c(OCCCCCCCC)cc3ncc3cc(OCCCCCCCC)cc(cnc4cc(OCCCCCCCC)c(OCCCCCCCC)cc4ncc(c1)n2)n3. The molecule has 3 aromatic heterocycles. The normalized spacial score (nSPS) is 11.2. The van der Waals surface area contributed by atoms with Gasteiger partial charge in [-0.1, -0.05) is 234 Å². The van der Waals surface area contributed by atoms with Gasteiger partial charge in [0.05, 0.1) is 109 Å². The van der Waals surface area contributed by atoms with Gasteiger partial charge in [-0.2, -0.15) is 0 Å². The van der Waals surface area contributed by atoms with E-state index in [1.807, 2.05) is 48.5 Å². The molecule has 12 nitrogen and oxygen atoms in total. The maximum absolute atomic E-state index is 6.63. The molecule has 0 unspecified atom stereocenters. The number of benzene rings is 2. The number of unbranched alkanes of at least 4 members (excludes halogenated alkanes) is 30. The van der Waals surface area contributed by atoms with Crippen molar-refractivity contribution in [1.29, 1.82) is 0 Å². The first-order valence-electron chi connectivity index (χ1n) is 34.8. The van der Waals surface area contributed by atoms with Crippen molar-refractivity contribution < 1.29 is 28.4 Å². The van der Waals surface area contributed by atoms with Gasteiger partial charge in [-0.3, -0.25) is 19.9 Å². The molecule has 0 aliphatic heterocycles. The molecule has 0 fully saturated rings. The lowest BCUT2D eigenvalue weighted by molar-refractivity contribution is 0.259. The van der Waals surface area contributed by atoms with Gasteiger partial charge >= 0.3 is 0 Å². The number of fused-ring (bicyclic) bond motifs is 6. The van der Waals surface area contributed by atoms with E-state index in [1.54, 1.807) is 24.8 Å². The van der Waals surface area contributed by atoms with Crippen LogP contribution in [0.25, 0.3) is 44.1 Å². The average Bonchev–Trinajstić information content (AvgIpc) is 3.62. The lowest BCUT2D eigenvalue weighted by Crippen LogP contribution is -2.03. The number of ether oxygens (including phenoxy) is 6. The first kappa shape index (κ1) is 71.0. The molecule has 0 atom stereocenters. The van der Waals surface area contributed by atoms with E-state index in [9.17, 15) is 0 Å². The van der Waals surface area contributed by atoms with Gasteiger partial charge in [0.25, 0.3) is 0 Å². The van der Waals surface area contributed by atoms with Crippen LogP contribution in [0.5, 0.6) is 34.5 Å². The second-order valence-corrected chi connectivity index (χ2v) is 23.6. The molecule has 476 valence electrons. The monoisotopic (exact) mass is 1180 g/mol. The lowest BCUT2D eigenvalue weighted by atomic mass is 10.1. The number of nitrogens with zero attached hydrogens (tertiary/aromatic N) is 6. The van der Waals surface area contributed by atoms with Crippen LogP contribution in [0, 0.1) is 0 Å². The number of hydrogen-bond donors (Lipinski definition) is 0. The van der Waals surface area contributed by atoms with Crippen LogP contribution in [0.4, 0.5) is 0 Å². The van der Waals surface area contributed by atoms with Gasteiger partial charge in [-0.25, -0.2) is 9.97 Å². The molecular formula is C74H114N6O6. The average molecular weight is 1180 g/mol. The Morgan fingerprint density at radius 2 is 0.407 bits per heavy atom. The maximum Gasteiger partial charge on any atom is 0.163 e. The summed E-state index contributed by atoms with van der Waals surface area (Å²) in [5.41, 5.74) is 4.88. The first-order valence-corrected chi connectivity index (χ1v) is 34.8. The summed E-state index contributed by atoms with van der Waals surface area (Å²) in [5, 5.41) is 0. The third-order valence-corrected chi connectivity index (χ3v) is 15.7. The zero-order valence-corrected chi connectivity index (χ0v) is 54.8. The number of pyridine rings is 2. The molecule has 0 N–H and O–H groups in total. The second-order valence-electron chi connectivity index (χ2n) is 23.6. The quantitative estimate of drug-likeness (QED) is 0.0343. The molecule has 5 aromatic rings. The Labute approximate surface area is 520 Å². The van der Waals surface area contributed by atoms with Crippen LogP contribution in [0.1, 0.15) is 273 Å². The molecule has 0 saturated carbocycles. The van der Waals surface area contributed by atoms with E-state index in [1.165, 1.54) is 154 Å². The highest BCUT2D eigenvalue weighted by atomic mass is 16.5. The molecule has 0 spiro atoms. The minimum atomic E-state index is 0.580. The van der Waals surface area contributed by atoms with Crippen molar-refractivity contribution in [3.63, 3.8) is 0 Å². The number of hydrogen-bond acceptors (Lipinski definition) is 12. The van der Waals surface area contributed by atoms with Crippen molar-refractivity contribution in [3.8, 4) is 34.5 Å². The van der Waals surface area contributed by atoms with Gasteiger partial charge in [0, 0.05) is 48.5 Å². The topological polar surface area (TPSA) is 133 Å². The Morgan fingerprint density at radius 1 is 0.221 bits per heavy atom. The first-order chi connectivity index (χ1) is 42.5. The summed E-state index contributed by atoms with van der Waals surface area (Å²) in [5.74, 6) is 4.01. The second kappa shape index (κ2) is 46.4. The summed E-state index contributed by atoms with van der Waals surface area (Å²) in [6, 6.07) is 15.7. The van der Waals surface area contributed by atoms with E-state index in [2.05, 4.69) is 41.5 Å². The lowest BCUT2D eigenvalue weighted by Gasteiger charge is -2.14. The summed E-state index contributed by atoms with van der Waals surface area (Å²) >= 11 is 0. The predicted molar refractivity (Wildman–Crippen MR) is 361 cm³/mol. The Hall–Kier alpha value is -5.78. The van der Waals surface area contributed by atoms with E-state index >= 15 is 0 Å². The van der Waals surface area contributed by atoms with Crippen LogP contribution in [0.15, 0.2) is 73.3 Å². The van der Waals surface area contributed by atoms with Crippen LogP contribution in [0.3, 0.4) is 0 Å². The summed E-state index contributed by atoms with van der Waals surface area (Å²) < 4.78 is 39.5. The molecule has 3 heterocycles. The highest BCUT2D eigenvalue weighted by Gasteiger charge is 2.13. The molecule has 0 radical (unpaired) electrons. The summed E-state index contributed by atoms with van der Waals surface area (Å²) in [6.45, 7) is 17.0. The Balaban J connectivity index is 1.74. The van der Waals surface area contributed by atoms with Crippen molar-refractivity contribution in [2.45, 2.75) is 273 Å². The van der Waals surface area contributed by atoms with Crippen LogP contribution in [-0.2, 0) is 0 Å². The van der Waals surface area contributed by atoms with Crippen LogP contribution < -0.4 is 28.4 Å². The van der Waals surface area contributed by atoms with Gasteiger partial charge in [0.15, 0.2) is 23.0 Å². The molecule has 0 saturated heterocycles. The fourth-order valence-corrected chi connectivity index (χ4v) is 10.4. The molecule has 0 aliphatic rings. The van der Waals surface area contributed by atoms with Crippen molar-refractivity contribution >= 4 is 44.1 Å². The molecule has 0 aliphatic carbocycles. The van der Waals surface area contributed by atoms with Crippen LogP contribution in [0.2, 0.25) is 0 Å². The van der Waals surface area contributed by atoms with Crippen molar-refractivity contribution in [1.82, 2.24) is 29.9 Å². The minimum Gasteiger partial charge on any atom is -0.493 e. The highest BCUT2D eigenvalue weighted by molar-refractivity contribution is 5.80. The standard InChI is InChI=1S/C74H114N6O6/c1-7-13-19-25-31-37-43-81-65-49-61-57-75-67-53-71(83-45-39-33-27-21-15-9-3)73(85-47-41-35-29-23-17-11-5)55-69(67)77-59-63-51-66(82-44-38-32-26-20-14-8-2)52-64(80-63)60-78-70-56-74(86-48-42-36-30-24-18-12-6)72(84-46-40-34-28-22-16-10-4)54-68(70)76-58-62(50-65)79-61/h49-60H,7-48H2,1-6H3. The van der Waals surface area contributed by atoms with Crippen molar-refractivity contribution in [2.24, 2.45) is 0 Å². The third-order valence-electron chi connectivity index (χ3n) is 15.7. The van der Waals surface area contributed by atoms with Crippen LogP contribution in [-0.4, -0.2) is 69.5 Å². The fourth-order valence-electron chi connectivity index (χ4n) is 10.4. The number of aromatic nitrogens is 6. The largest absolute Gasteiger partial charge is 0.493 e. The van der Waals surface area contributed by atoms with E-state index < -0.39 is 0 Å². The molecular weight excluding hydrogens is 1070 g/mol. The Morgan fingerprint density at radius 3 is 0.616 bits per heavy atom. The molecule has 12 heteroatoms. The van der Waals surface area contributed by atoms with E-state index in [0.717, 1.165) is 77.0 Å².